The van der Waals surface area contributed by atoms with Crippen LogP contribution < -0.4 is 5.73 Å². The second-order valence-electron chi connectivity index (χ2n) is 3.27. The zero-order valence-corrected chi connectivity index (χ0v) is 8.38. The van der Waals surface area contributed by atoms with Crippen molar-refractivity contribution in [3.63, 3.8) is 0 Å². The first-order valence-corrected chi connectivity index (χ1v) is 5.94. The van der Waals surface area contributed by atoms with Crippen LogP contribution in [-0.2, 0) is 14.6 Å². The fraction of sp³-hybridized carbons (Fsp3) is 0.857. The highest BCUT2D eigenvalue weighted by atomic mass is 32.2. The number of carbonyl (C=O) groups is 1. The quantitative estimate of drug-likeness (QED) is 0.602. The van der Waals surface area contributed by atoms with Gasteiger partial charge in [-0.2, -0.15) is 0 Å². The van der Waals surface area contributed by atoms with E-state index < -0.39 is 9.84 Å². The van der Waals surface area contributed by atoms with Crippen LogP contribution in [0, 0.1) is 0 Å². The van der Waals surface area contributed by atoms with Gasteiger partial charge in [-0.3, -0.25) is 4.79 Å². The summed E-state index contributed by atoms with van der Waals surface area (Å²) in [6, 6.07) is -0.180. The lowest BCUT2D eigenvalue weighted by Crippen LogP contribution is -2.41. The summed E-state index contributed by atoms with van der Waals surface area (Å²) >= 11 is 0. The number of hydrogen-bond donors (Lipinski definition) is 1. The molecule has 1 heterocycles. The van der Waals surface area contributed by atoms with Crippen LogP contribution in [0.2, 0.25) is 0 Å². The number of carbonyl (C=O) groups excluding carboxylic acids is 1. The average molecular weight is 206 g/mol. The predicted octanol–water partition coefficient (Wildman–Crippen LogP) is -1.41. The van der Waals surface area contributed by atoms with E-state index in [0.717, 1.165) is 0 Å². The van der Waals surface area contributed by atoms with Gasteiger partial charge in [0.2, 0.25) is 5.91 Å². The second-order valence-corrected chi connectivity index (χ2v) is 5.49. The fourth-order valence-corrected chi connectivity index (χ4v) is 3.20. The highest BCUT2D eigenvalue weighted by Gasteiger charge is 2.32. The van der Waals surface area contributed by atoms with Crippen LogP contribution in [0.5, 0.6) is 0 Å². The standard InChI is InChI=1S/C7H14N2O3S/c1-9(7(10)4-8)6-2-3-13(11,12)5-6/h6H,2-5,8H2,1H3. The normalized spacial score (nSPS) is 25.8. The first-order chi connectivity index (χ1) is 5.96. The van der Waals surface area contributed by atoms with Gasteiger partial charge in [0, 0.05) is 13.1 Å². The molecule has 0 bridgehead atoms. The molecular formula is C7H14N2O3S. The molecule has 1 fully saturated rings. The highest BCUT2D eigenvalue weighted by Crippen LogP contribution is 2.16. The lowest BCUT2D eigenvalue weighted by Gasteiger charge is -2.22. The Labute approximate surface area is 77.8 Å². The van der Waals surface area contributed by atoms with Crippen LogP contribution in [0.15, 0.2) is 0 Å². The van der Waals surface area contributed by atoms with Gasteiger partial charge in [-0.25, -0.2) is 8.42 Å². The maximum Gasteiger partial charge on any atom is 0.236 e. The molecular weight excluding hydrogens is 192 g/mol. The largest absolute Gasteiger partial charge is 0.341 e. The minimum atomic E-state index is -2.92. The average Bonchev–Trinajstić information content (AvgIpc) is 2.43. The molecule has 1 amide bonds. The molecule has 1 rings (SSSR count). The van der Waals surface area contributed by atoms with Crippen molar-refractivity contribution < 1.29 is 13.2 Å². The Hall–Kier alpha value is -0.620. The van der Waals surface area contributed by atoms with Gasteiger partial charge in [-0.1, -0.05) is 0 Å². The molecule has 0 aromatic carbocycles. The van der Waals surface area contributed by atoms with Crippen LogP contribution in [0.1, 0.15) is 6.42 Å². The molecule has 0 radical (unpaired) electrons. The SMILES string of the molecule is CN(C(=O)CN)C1CCS(=O)(=O)C1. The van der Waals surface area contributed by atoms with Crippen molar-refractivity contribution >= 4 is 15.7 Å². The number of nitrogens with two attached hydrogens (primary N) is 1. The zero-order valence-electron chi connectivity index (χ0n) is 7.56. The molecule has 1 unspecified atom stereocenters. The summed E-state index contributed by atoms with van der Waals surface area (Å²) < 4.78 is 22.2. The Morgan fingerprint density at radius 3 is 2.62 bits per heavy atom. The van der Waals surface area contributed by atoms with Crippen molar-refractivity contribution in [1.29, 1.82) is 0 Å². The Bertz CT molecular complexity index is 299. The second kappa shape index (κ2) is 3.63. The first kappa shape index (κ1) is 10.5. The fourth-order valence-electron chi connectivity index (χ4n) is 1.43. The van der Waals surface area contributed by atoms with E-state index in [0.29, 0.717) is 6.42 Å². The van der Waals surface area contributed by atoms with Crippen LogP contribution in [0.25, 0.3) is 0 Å². The van der Waals surface area contributed by atoms with Crippen molar-refractivity contribution in [3.05, 3.63) is 0 Å². The number of nitrogens with zero attached hydrogens (tertiary/aromatic N) is 1. The van der Waals surface area contributed by atoms with E-state index in [9.17, 15) is 13.2 Å². The van der Waals surface area contributed by atoms with Crippen LogP contribution in [0.3, 0.4) is 0 Å². The molecule has 0 spiro atoms. The van der Waals surface area contributed by atoms with Gasteiger partial charge in [0.25, 0.3) is 0 Å². The Kier molecular flexibility index (Phi) is 2.92. The monoisotopic (exact) mass is 206 g/mol. The Balaban J connectivity index is 2.61. The molecule has 6 heteroatoms. The summed E-state index contributed by atoms with van der Waals surface area (Å²) in [7, 11) is -1.32. The summed E-state index contributed by atoms with van der Waals surface area (Å²) in [6.45, 7) is -0.0625. The Morgan fingerprint density at radius 2 is 2.23 bits per heavy atom. The number of hydrogen-bond acceptors (Lipinski definition) is 4. The molecule has 1 aliphatic rings. The van der Waals surface area contributed by atoms with Gasteiger partial charge >= 0.3 is 0 Å². The summed E-state index contributed by atoms with van der Waals surface area (Å²) in [4.78, 5) is 12.6. The van der Waals surface area contributed by atoms with E-state index in [-0.39, 0.29) is 30.0 Å². The molecule has 0 aromatic heterocycles. The van der Waals surface area contributed by atoms with E-state index in [1.807, 2.05) is 0 Å². The highest BCUT2D eigenvalue weighted by molar-refractivity contribution is 7.91. The number of sulfone groups is 1. The van der Waals surface area contributed by atoms with E-state index >= 15 is 0 Å². The lowest BCUT2D eigenvalue weighted by molar-refractivity contribution is -0.129. The lowest BCUT2D eigenvalue weighted by atomic mass is 10.2. The molecule has 0 saturated carbocycles. The molecule has 0 aromatic rings. The van der Waals surface area contributed by atoms with Crippen molar-refractivity contribution in [1.82, 2.24) is 4.90 Å². The molecule has 0 aliphatic carbocycles. The van der Waals surface area contributed by atoms with Gasteiger partial charge < -0.3 is 10.6 Å². The van der Waals surface area contributed by atoms with Crippen molar-refractivity contribution in [2.75, 3.05) is 25.1 Å². The number of rotatable bonds is 2. The molecule has 76 valence electrons. The van der Waals surface area contributed by atoms with Gasteiger partial charge in [0.15, 0.2) is 9.84 Å². The van der Waals surface area contributed by atoms with E-state index in [4.69, 9.17) is 5.73 Å². The molecule has 1 atom stereocenters. The molecule has 1 saturated heterocycles. The zero-order chi connectivity index (χ0) is 10.1. The third-order valence-electron chi connectivity index (χ3n) is 2.32. The smallest absolute Gasteiger partial charge is 0.236 e. The summed E-state index contributed by atoms with van der Waals surface area (Å²) in [6.07, 6.45) is 0.532. The minimum absolute atomic E-state index is 0.0625. The first-order valence-electron chi connectivity index (χ1n) is 4.12. The van der Waals surface area contributed by atoms with Crippen LogP contribution in [-0.4, -0.2) is 50.4 Å². The topological polar surface area (TPSA) is 80.5 Å². The van der Waals surface area contributed by atoms with E-state index in [2.05, 4.69) is 0 Å². The van der Waals surface area contributed by atoms with Gasteiger partial charge in [0.1, 0.15) is 0 Å². The molecule has 1 aliphatic heterocycles. The predicted molar refractivity (Wildman–Crippen MR) is 48.9 cm³/mol. The third kappa shape index (κ3) is 2.41. The number of likely N-dealkylation sites (N-methyl/N-ethyl adjacent to an activating group) is 1. The van der Waals surface area contributed by atoms with E-state index in [1.165, 1.54) is 4.90 Å². The van der Waals surface area contributed by atoms with Crippen LogP contribution in [0.4, 0.5) is 0 Å². The third-order valence-corrected chi connectivity index (χ3v) is 4.07. The summed E-state index contributed by atoms with van der Waals surface area (Å²) in [5.74, 6) is 0.0526. The van der Waals surface area contributed by atoms with Gasteiger partial charge in [0.05, 0.1) is 18.1 Å². The maximum atomic E-state index is 11.1. The molecule has 13 heavy (non-hydrogen) atoms. The number of amides is 1. The summed E-state index contributed by atoms with van der Waals surface area (Å²) in [5, 5.41) is 0. The molecule has 5 nitrogen and oxygen atoms in total. The van der Waals surface area contributed by atoms with Gasteiger partial charge in [-0.05, 0) is 6.42 Å². The van der Waals surface area contributed by atoms with Crippen molar-refractivity contribution in [2.24, 2.45) is 5.73 Å². The van der Waals surface area contributed by atoms with Gasteiger partial charge in [-0.15, -0.1) is 0 Å². The summed E-state index contributed by atoms with van der Waals surface area (Å²) in [5.41, 5.74) is 5.17. The van der Waals surface area contributed by atoms with E-state index in [1.54, 1.807) is 7.05 Å². The van der Waals surface area contributed by atoms with Crippen molar-refractivity contribution in [2.45, 2.75) is 12.5 Å². The molecule has 2 N–H and O–H groups in total. The van der Waals surface area contributed by atoms with Crippen molar-refractivity contribution in [3.8, 4) is 0 Å². The Morgan fingerprint density at radius 1 is 1.62 bits per heavy atom. The van der Waals surface area contributed by atoms with Crippen LogP contribution >= 0.6 is 0 Å². The maximum absolute atomic E-state index is 11.1. The minimum Gasteiger partial charge on any atom is -0.341 e.